The van der Waals surface area contributed by atoms with Crippen LogP contribution >= 0.6 is 11.6 Å². The van der Waals surface area contributed by atoms with E-state index in [4.69, 9.17) is 27.8 Å². The van der Waals surface area contributed by atoms with Crippen molar-refractivity contribution in [1.29, 1.82) is 0 Å². The van der Waals surface area contributed by atoms with Gasteiger partial charge < -0.3 is 16.2 Å². The van der Waals surface area contributed by atoms with Crippen LogP contribution in [0.15, 0.2) is 36.4 Å². The summed E-state index contributed by atoms with van der Waals surface area (Å²) in [4.78, 5) is 11.0. The smallest absolute Gasteiger partial charge is 0.248 e. The fraction of sp³-hybridized carbons (Fsp3) is 0. The predicted octanol–water partition coefficient (Wildman–Crippen LogP) is 2.95. The van der Waals surface area contributed by atoms with Crippen molar-refractivity contribution in [3.63, 3.8) is 0 Å². The average Bonchev–Trinajstić information content (AvgIpc) is 2.34. The number of benzene rings is 2. The van der Waals surface area contributed by atoms with E-state index in [1.807, 2.05) is 0 Å². The van der Waals surface area contributed by atoms with Crippen molar-refractivity contribution in [3.8, 4) is 11.5 Å². The molecule has 4 N–H and O–H groups in total. The quantitative estimate of drug-likeness (QED) is 0.849. The number of nitrogens with two attached hydrogens (primary N) is 2. The summed E-state index contributed by atoms with van der Waals surface area (Å²) < 4.78 is 18.3. The van der Waals surface area contributed by atoms with Gasteiger partial charge in [-0.3, -0.25) is 4.79 Å². The zero-order valence-corrected chi connectivity index (χ0v) is 10.4. The Balaban J connectivity index is 2.31. The van der Waals surface area contributed by atoms with Crippen molar-refractivity contribution < 1.29 is 13.9 Å². The molecule has 0 fully saturated rings. The highest BCUT2D eigenvalue weighted by Gasteiger charge is 2.09. The second-order valence-electron chi connectivity index (χ2n) is 3.79. The molecule has 2 aromatic carbocycles. The van der Waals surface area contributed by atoms with Crippen molar-refractivity contribution >= 4 is 23.2 Å². The van der Waals surface area contributed by atoms with E-state index >= 15 is 0 Å². The Morgan fingerprint density at radius 2 is 1.84 bits per heavy atom. The molecule has 2 aromatic rings. The van der Waals surface area contributed by atoms with Crippen molar-refractivity contribution in [3.05, 3.63) is 52.8 Å². The molecule has 0 saturated heterocycles. The summed E-state index contributed by atoms with van der Waals surface area (Å²) in [5, 5.41) is 0.123. The Morgan fingerprint density at radius 3 is 2.42 bits per heavy atom. The molecule has 0 saturated carbocycles. The molecule has 0 aliphatic heterocycles. The number of amides is 1. The number of carbonyl (C=O) groups excluding carboxylic acids is 1. The monoisotopic (exact) mass is 280 g/mol. The highest BCUT2D eigenvalue weighted by Crippen LogP contribution is 2.33. The fourth-order valence-corrected chi connectivity index (χ4v) is 1.68. The van der Waals surface area contributed by atoms with Crippen molar-refractivity contribution in [1.82, 2.24) is 0 Å². The molecule has 0 aromatic heterocycles. The van der Waals surface area contributed by atoms with E-state index in [1.165, 1.54) is 30.3 Å². The van der Waals surface area contributed by atoms with Gasteiger partial charge in [-0.15, -0.1) is 0 Å². The highest BCUT2D eigenvalue weighted by atomic mass is 35.5. The number of nitrogen functional groups attached to an aromatic ring is 1. The predicted molar refractivity (Wildman–Crippen MR) is 70.9 cm³/mol. The molecule has 0 heterocycles. The molecule has 0 atom stereocenters. The number of carbonyl (C=O) groups is 1. The van der Waals surface area contributed by atoms with E-state index in [0.717, 1.165) is 6.07 Å². The normalized spacial score (nSPS) is 10.2. The maximum atomic E-state index is 12.9. The zero-order chi connectivity index (χ0) is 14.0. The van der Waals surface area contributed by atoms with Crippen LogP contribution in [-0.4, -0.2) is 5.91 Å². The molecule has 0 aliphatic carbocycles. The van der Waals surface area contributed by atoms with Crippen LogP contribution in [0.25, 0.3) is 0 Å². The number of halogens is 2. The first-order valence-electron chi connectivity index (χ1n) is 5.29. The Hall–Kier alpha value is -2.27. The van der Waals surface area contributed by atoms with Gasteiger partial charge in [-0.25, -0.2) is 4.39 Å². The highest BCUT2D eigenvalue weighted by molar-refractivity contribution is 6.32. The van der Waals surface area contributed by atoms with Crippen LogP contribution in [0.5, 0.6) is 11.5 Å². The molecular weight excluding hydrogens is 271 g/mol. The fourth-order valence-electron chi connectivity index (χ4n) is 1.47. The van der Waals surface area contributed by atoms with Gasteiger partial charge in [0, 0.05) is 5.56 Å². The SMILES string of the molecule is NC(=O)c1ccc(Oc2ccc(F)cc2Cl)c(N)c1. The van der Waals surface area contributed by atoms with E-state index in [0.29, 0.717) is 5.75 Å². The molecule has 0 bridgehead atoms. The lowest BCUT2D eigenvalue weighted by Crippen LogP contribution is -2.11. The molecular formula is C13H10ClFN2O2. The van der Waals surface area contributed by atoms with Gasteiger partial charge in [0.1, 0.15) is 17.3 Å². The van der Waals surface area contributed by atoms with E-state index < -0.39 is 11.7 Å². The Kier molecular flexibility index (Phi) is 3.57. The van der Waals surface area contributed by atoms with Gasteiger partial charge in [0.25, 0.3) is 0 Å². The van der Waals surface area contributed by atoms with Crippen LogP contribution in [0.3, 0.4) is 0 Å². The summed E-state index contributed by atoms with van der Waals surface area (Å²) in [5.74, 6) is -0.479. The van der Waals surface area contributed by atoms with Gasteiger partial charge in [-0.1, -0.05) is 11.6 Å². The number of anilines is 1. The Bertz CT molecular complexity index is 647. The summed E-state index contributed by atoms with van der Waals surface area (Å²) in [6.45, 7) is 0. The molecule has 1 amide bonds. The van der Waals surface area contributed by atoms with Gasteiger partial charge >= 0.3 is 0 Å². The van der Waals surface area contributed by atoms with Crippen molar-refractivity contribution in [2.75, 3.05) is 5.73 Å². The molecule has 19 heavy (non-hydrogen) atoms. The molecule has 0 radical (unpaired) electrons. The summed E-state index contributed by atoms with van der Waals surface area (Å²) in [6, 6.07) is 8.11. The van der Waals surface area contributed by atoms with Crippen molar-refractivity contribution in [2.24, 2.45) is 5.73 Å². The second kappa shape index (κ2) is 5.16. The summed E-state index contributed by atoms with van der Waals surface area (Å²) in [5.41, 5.74) is 11.4. The number of primary amides is 1. The first-order chi connectivity index (χ1) is 8.97. The molecule has 0 aliphatic rings. The van der Waals surface area contributed by atoms with Crippen LogP contribution in [0, 0.1) is 5.82 Å². The van der Waals surface area contributed by atoms with Gasteiger partial charge in [0.2, 0.25) is 5.91 Å². The summed E-state index contributed by atoms with van der Waals surface area (Å²) >= 11 is 5.83. The van der Waals surface area contributed by atoms with Crippen LogP contribution < -0.4 is 16.2 Å². The van der Waals surface area contributed by atoms with E-state index in [2.05, 4.69) is 0 Å². The maximum absolute atomic E-state index is 12.9. The lowest BCUT2D eigenvalue weighted by atomic mass is 10.2. The lowest BCUT2D eigenvalue weighted by molar-refractivity contribution is 0.100. The Labute approximate surface area is 113 Å². The van der Waals surface area contributed by atoms with Gasteiger partial charge in [0.15, 0.2) is 0 Å². The minimum atomic E-state index is -0.585. The number of rotatable bonds is 3. The van der Waals surface area contributed by atoms with Crippen LogP contribution in [0.4, 0.5) is 10.1 Å². The third-order valence-corrected chi connectivity index (χ3v) is 2.70. The van der Waals surface area contributed by atoms with Crippen LogP contribution in [0.1, 0.15) is 10.4 Å². The van der Waals surface area contributed by atoms with Crippen LogP contribution in [0.2, 0.25) is 5.02 Å². The second-order valence-corrected chi connectivity index (χ2v) is 4.20. The molecule has 0 spiro atoms. The molecule has 0 unspecified atom stereocenters. The van der Waals surface area contributed by atoms with Crippen LogP contribution in [-0.2, 0) is 0 Å². The number of hydrogen-bond donors (Lipinski definition) is 2. The maximum Gasteiger partial charge on any atom is 0.248 e. The minimum absolute atomic E-state index is 0.123. The average molecular weight is 281 g/mol. The van der Waals surface area contributed by atoms with Crippen molar-refractivity contribution in [2.45, 2.75) is 0 Å². The van der Waals surface area contributed by atoms with E-state index in [9.17, 15) is 9.18 Å². The topological polar surface area (TPSA) is 78.3 Å². The number of ether oxygens (including phenoxy) is 1. The minimum Gasteiger partial charge on any atom is -0.454 e. The molecule has 98 valence electrons. The van der Waals surface area contributed by atoms with Gasteiger partial charge in [0.05, 0.1) is 10.7 Å². The lowest BCUT2D eigenvalue weighted by Gasteiger charge is -2.10. The van der Waals surface area contributed by atoms with Gasteiger partial charge in [-0.05, 0) is 36.4 Å². The largest absolute Gasteiger partial charge is 0.454 e. The third-order valence-electron chi connectivity index (χ3n) is 2.41. The summed E-state index contributed by atoms with van der Waals surface area (Å²) in [6.07, 6.45) is 0. The van der Waals surface area contributed by atoms with Gasteiger partial charge in [-0.2, -0.15) is 0 Å². The van der Waals surface area contributed by atoms with E-state index in [-0.39, 0.29) is 22.0 Å². The first-order valence-corrected chi connectivity index (χ1v) is 5.67. The standard InChI is InChI=1S/C13H10ClFN2O2/c14-9-6-8(15)2-4-11(9)19-12-3-1-7(13(17)18)5-10(12)16/h1-6H,16H2,(H2,17,18). The summed E-state index contributed by atoms with van der Waals surface area (Å²) in [7, 11) is 0. The van der Waals surface area contributed by atoms with E-state index in [1.54, 1.807) is 0 Å². The first kappa shape index (κ1) is 13.2. The molecule has 6 heteroatoms. The third kappa shape index (κ3) is 2.95. The molecule has 4 nitrogen and oxygen atoms in total. The molecule has 2 rings (SSSR count). The Morgan fingerprint density at radius 1 is 1.16 bits per heavy atom. The zero-order valence-electron chi connectivity index (χ0n) is 9.69. The number of hydrogen-bond acceptors (Lipinski definition) is 3.